The van der Waals surface area contributed by atoms with Crippen molar-refractivity contribution in [2.75, 3.05) is 0 Å². The van der Waals surface area contributed by atoms with Crippen molar-refractivity contribution in [2.45, 2.75) is 6.92 Å². The molecular formula is C15H12N2O. The third-order valence-electron chi connectivity index (χ3n) is 2.56. The molecule has 88 valence electrons. The highest BCUT2D eigenvalue weighted by Crippen LogP contribution is 2.06. The van der Waals surface area contributed by atoms with Gasteiger partial charge in [-0.05, 0) is 30.2 Å². The number of hydrogen-bond acceptors (Lipinski definition) is 3. The van der Waals surface area contributed by atoms with E-state index in [4.69, 9.17) is 0 Å². The highest BCUT2D eigenvalue weighted by Gasteiger charge is 2.03. The lowest BCUT2D eigenvalue weighted by molar-refractivity contribution is 0.568. The summed E-state index contributed by atoms with van der Waals surface area (Å²) >= 11 is 0. The lowest BCUT2D eigenvalue weighted by atomic mass is 10.1. The number of carbonyl (C=O) groups excluding carboxylic acids is 1. The van der Waals surface area contributed by atoms with E-state index < -0.39 is 0 Å². The Hall–Kier alpha value is -2.51. The molecular weight excluding hydrogens is 224 g/mol. The fraction of sp³-hybridized carbons (Fsp3) is 0.0667. The van der Waals surface area contributed by atoms with Crippen LogP contribution in [0.2, 0.25) is 0 Å². The van der Waals surface area contributed by atoms with Crippen LogP contribution in [0.3, 0.4) is 0 Å². The molecule has 0 spiro atoms. The molecule has 0 aliphatic heterocycles. The summed E-state index contributed by atoms with van der Waals surface area (Å²) in [7, 11) is 0. The molecule has 0 radical (unpaired) electrons. The zero-order valence-electron chi connectivity index (χ0n) is 10.00. The van der Waals surface area contributed by atoms with Crippen LogP contribution in [-0.4, -0.2) is 17.9 Å². The van der Waals surface area contributed by atoms with Crippen LogP contribution in [-0.2, 0) is 4.79 Å². The normalized spacial score (nSPS) is 16.5. The van der Waals surface area contributed by atoms with Gasteiger partial charge >= 0.3 is 0 Å². The maximum atomic E-state index is 10.7. The Morgan fingerprint density at radius 2 is 1.94 bits per heavy atom. The minimum Gasteiger partial charge on any atom is -0.233 e. The molecule has 0 saturated heterocycles. The third-order valence-corrected chi connectivity index (χ3v) is 2.56. The van der Waals surface area contributed by atoms with Crippen LogP contribution >= 0.6 is 0 Å². The van der Waals surface area contributed by atoms with Crippen LogP contribution in [0.1, 0.15) is 11.1 Å². The van der Waals surface area contributed by atoms with Crippen LogP contribution in [0.15, 0.2) is 64.3 Å². The summed E-state index contributed by atoms with van der Waals surface area (Å²) in [6.07, 6.45) is 8.65. The number of benzene rings is 1. The van der Waals surface area contributed by atoms with Gasteiger partial charge in [-0.2, -0.15) is 5.10 Å². The van der Waals surface area contributed by atoms with Gasteiger partial charge in [0, 0.05) is 0 Å². The SMILES string of the molecule is Cc1ccccc1/C=N\N=C1\C=CC=CC1=C=O. The molecule has 0 fully saturated rings. The van der Waals surface area contributed by atoms with E-state index in [0.29, 0.717) is 11.3 Å². The van der Waals surface area contributed by atoms with Crippen molar-refractivity contribution in [3.63, 3.8) is 0 Å². The Morgan fingerprint density at radius 1 is 1.17 bits per heavy atom. The molecule has 1 aliphatic rings. The van der Waals surface area contributed by atoms with Crippen molar-refractivity contribution >= 4 is 17.9 Å². The van der Waals surface area contributed by atoms with Gasteiger partial charge in [0.15, 0.2) is 0 Å². The van der Waals surface area contributed by atoms with E-state index in [2.05, 4.69) is 10.2 Å². The van der Waals surface area contributed by atoms with Gasteiger partial charge in [-0.15, -0.1) is 5.10 Å². The fourth-order valence-electron chi connectivity index (χ4n) is 1.53. The van der Waals surface area contributed by atoms with Crippen molar-refractivity contribution < 1.29 is 4.79 Å². The molecule has 0 heterocycles. The predicted molar refractivity (Wildman–Crippen MR) is 73.7 cm³/mol. The maximum absolute atomic E-state index is 10.7. The van der Waals surface area contributed by atoms with Crippen LogP contribution in [0, 0.1) is 6.92 Å². The lowest BCUT2D eigenvalue weighted by Crippen LogP contribution is -2.00. The zero-order valence-corrected chi connectivity index (χ0v) is 10.00. The molecule has 1 aromatic rings. The average molecular weight is 236 g/mol. The topological polar surface area (TPSA) is 41.8 Å². The number of hydrogen-bond donors (Lipinski definition) is 0. The van der Waals surface area contributed by atoms with Gasteiger partial charge in [-0.1, -0.05) is 36.4 Å². The Morgan fingerprint density at radius 3 is 2.72 bits per heavy atom. The number of rotatable bonds is 2. The summed E-state index contributed by atoms with van der Waals surface area (Å²) in [5, 5.41) is 8.02. The van der Waals surface area contributed by atoms with Gasteiger partial charge in [0.05, 0.1) is 11.8 Å². The van der Waals surface area contributed by atoms with Crippen LogP contribution in [0.25, 0.3) is 0 Å². The summed E-state index contributed by atoms with van der Waals surface area (Å²) in [6.45, 7) is 2.01. The van der Waals surface area contributed by atoms with Crippen LogP contribution < -0.4 is 0 Å². The second-order valence-electron chi connectivity index (χ2n) is 3.82. The largest absolute Gasteiger partial charge is 0.233 e. The highest BCUT2D eigenvalue weighted by atomic mass is 16.1. The summed E-state index contributed by atoms with van der Waals surface area (Å²) < 4.78 is 0. The standard InChI is InChI=1S/C15H12N2O/c1-12-6-2-3-7-13(12)10-16-17-15-9-5-4-8-14(15)11-18/h2-10H,1H3/b16-10-,17-15-. The highest BCUT2D eigenvalue weighted by molar-refractivity contribution is 6.16. The van der Waals surface area contributed by atoms with Crippen molar-refractivity contribution in [1.29, 1.82) is 0 Å². The minimum atomic E-state index is 0.416. The van der Waals surface area contributed by atoms with Gasteiger partial charge in [0.2, 0.25) is 0 Å². The Kier molecular flexibility index (Phi) is 3.79. The smallest absolute Gasteiger partial charge is 0.134 e. The Balaban J connectivity index is 2.21. The first-order valence-corrected chi connectivity index (χ1v) is 5.58. The lowest BCUT2D eigenvalue weighted by Gasteiger charge is -1.99. The molecule has 0 unspecified atom stereocenters. The Labute approximate surface area is 106 Å². The first-order chi connectivity index (χ1) is 8.81. The maximum Gasteiger partial charge on any atom is 0.134 e. The predicted octanol–water partition coefficient (Wildman–Crippen LogP) is 2.65. The van der Waals surface area contributed by atoms with E-state index in [1.54, 1.807) is 24.4 Å². The van der Waals surface area contributed by atoms with Crippen molar-refractivity contribution in [3.8, 4) is 0 Å². The molecule has 0 aromatic heterocycles. The van der Waals surface area contributed by atoms with Crippen molar-refractivity contribution in [1.82, 2.24) is 0 Å². The summed E-state index contributed by atoms with van der Waals surface area (Å²) in [5.74, 6) is 1.84. The molecule has 0 bridgehead atoms. The van der Waals surface area contributed by atoms with Gasteiger partial charge in [0.25, 0.3) is 0 Å². The fourth-order valence-corrected chi connectivity index (χ4v) is 1.53. The quantitative estimate of drug-likeness (QED) is 0.442. The monoisotopic (exact) mass is 236 g/mol. The second kappa shape index (κ2) is 5.71. The molecule has 18 heavy (non-hydrogen) atoms. The van der Waals surface area contributed by atoms with Crippen LogP contribution in [0.4, 0.5) is 0 Å². The second-order valence-corrected chi connectivity index (χ2v) is 3.82. The van der Waals surface area contributed by atoms with Crippen molar-refractivity contribution in [2.24, 2.45) is 10.2 Å². The molecule has 3 nitrogen and oxygen atoms in total. The molecule has 0 amide bonds. The number of allylic oxidation sites excluding steroid dienone is 5. The van der Waals surface area contributed by atoms with E-state index in [0.717, 1.165) is 11.1 Å². The summed E-state index contributed by atoms with van der Waals surface area (Å²) in [6, 6.07) is 7.89. The molecule has 1 aliphatic carbocycles. The first kappa shape index (κ1) is 12.0. The third kappa shape index (κ3) is 2.78. The molecule has 0 atom stereocenters. The van der Waals surface area contributed by atoms with E-state index >= 15 is 0 Å². The number of aryl methyl sites for hydroxylation is 1. The van der Waals surface area contributed by atoms with Crippen LogP contribution in [0.5, 0.6) is 0 Å². The van der Waals surface area contributed by atoms with E-state index in [9.17, 15) is 4.79 Å². The minimum absolute atomic E-state index is 0.416. The molecule has 0 saturated carbocycles. The van der Waals surface area contributed by atoms with Gasteiger partial charge in [-0.3, -0.25) is 0 Å². The van der Waals surface area contributed by atoms with E-state index in [-0.39, 0.29) is 0 Å². The summed E-state index contributed by atoms with van der Waals surface area (Å²) in [5.41, 5.74) is 3.08. The molecule has 3 heteroatoms. The zero-order chi connectivity index (χ0) is 12.8. The van der Waals surface area contributed by atoms with E-state index in [1.165, 1.54) is 0 Å². The van der Waals surface area contributed by atoms with Gasteiger partial charge in [-0.25, -0.2) is 4.79 Å². The van der Waals surface area contributed by atoms with E-state index in [1.807, 2.05) is 43.2 Å². The van der Waals surface area contributed by atoms with Crippen molar-refractivity contribution in [3.05, 3.63) is 65.3 Å². The average Bonchev–Trinajstić information content (AvgIpc) is 2.41. The van der Waals surface area contributed by atoms with Gasteiger partial charge < -0.3 is 0 Å². The molecule has 1 aromatic carbocycles. The molecule has 0 N–H and O–H groups in total. The Bertz CT molecular complexity index is 615. The summed E-state index contributed by atoms with van der Waals surface area (Å²) in [4.78, 5) is 10.7. The first-order valence-electron chi connectivity index (χ1n) is 5.58. The number of nitrogens with zero attached hydrogens (tertiary/aromatic N) is 2. The van der Waals surface area contributed by atoms with Gasteiger partial charge in [0.1, 0.15) is 11.7 Å². The molecule has 2 rings (SSSR count).